The second-order valence-electron chi connectivity index (χ2n) is 7.32. The lowest BCUT2D eigenvalue weighted by atomic mass is 10.1. The topological polar surface area (TPSA) is 57.1 Å². The van der Waals surface area contributed by atoms with E-state index in [2.05, 4.69) is 4.99 Å². The normalized spacial score (nSPS) is 14.4. The summed E-state index contributed by atoms with van der Waals surface area (Å²) in [5.41, 5.74) is 5.12. The minimum Gasteiger partial charge on any atom is -0.493 e. The zero-order valence-corrected chi connectivity index (χ0v) is 17.7. The molecule has 1 aliphatic heterocycles. The van der Waals surface area contributed by atoms with Crippen molar-refractivity contribution in [2.75, 3.05) is 7.11 Å². The maximum absolute atomic E-state index is 12.4. The van der Waals surface area contributed by atoms with Gasteiger partial charge in [0, 0.05) is 5.56 Å². The summed E-state index contributed by atoms with van der Waals surface area (Å²) >= 11 is 0. The molecule has 0 saturated heterocycles. The quantitative estimate of drug-likeness (QED) is 0.410. The van der Waals surface area contributed by atoms with Gasteiger partial charge >= 0.3 is 5.97 Å². The van der Waals surface area contributed by atoms with E-state index in [0.29, 0.717) is 24.0 Å². The van der Waals surface area contributed by atoms with Gasteiger partial charge in [-0.1, -0.05) is 42.5 Å². The molecule has 0 bridgehead atoms. The summed E-state index contributed by atoms with van der Waals surface area (Å²) in [6.45, 7) is 4.46. The number of methoxy groups -OCH3 is 1. The number of esters is 1. The van der Waals surface area contributed by atoms with Gasteiger partial charge in [-0.25, -0.2) is 9.79 Å². The van der Waals surface area contributed by atoms with Gasteiger partial charge in [0.2, 0.25) is 5.90 Å². The van der Waals surface area contributed by atoms with Crippen LogP contribution in [0.5, 0.6) is 11.5 Å². The molecule has 0 aromatic heterocycles. The van der Waals surface area contributed by atoms with Crippen LogP contribution in [0.25, 0.3) is 6.08 Å². The van der Waals surface area contributed by atoms with E-state index >= 15 is 0 Å². The van der Waals surface area contributed by atoms with Gasteiger partial charge < -0.3 is 14.2 Å². The first kappa shape index (κ1) is 20.4. The SMILES string of the molecule is COc1ccc(/C=C2\N=C(c3ccc(C)c(C)c3)OC2=O)cc1OCc1ccccc1. The Morgan fingerprint density at radius 1 is 0.935 bits per heavy atom. The van der Waals surface area contributed by atoms with E-state index in [1.54, 1.807) is 19.3 Å². The number of aliphatic imine (C=N–C) groups is 1. The van der Waals surface area contributed by atoms with Gasteiger partial charge in [0.05, 0.1) is 7.11 Å². The van der Waals surface area contributed by atoms with Crippen LogP contribution in [0.15, 0.2) is 77.4 Å². The molecule has 1 heterocycles. The average Bonchev–Trinajstić information content (AvgIpc) is 3.15. The van der Waals surface area contributed by atoms with E-state index in [4.69, 9.17) is 14.2 Å². The Bertz CT molecular complexity index is 1180. The minimum absolute atomic E-state index is 0.243. The third-order valence-corrected chi connectivity index (χ3v) is 5.10. The van der Waals surface area contributed by atoms with Crippen molar-refractivity contribution in [1.29, 1.82) is 0 Å². The zero-order chi connectivity index (χ0) is 21.8. The molecule has 4 rings (SSSR count). The number of aryl methyl sites for hydroxylation is 2. The number of carbonyl (C=O) groups excluding carboxylic acids is 1. The first-order valence-electron chi connectivity index (χ1n) is 9.98. The van der Waals surface area contributed by atoms with E-state index in [1.807, 2.05) is 74.5 Å². The summed E-state index contributed by atoms with van der Waals surface area (Å²) in [7, 11) is 1.59. The fourth-order valence-corrected chi connectivity index (χ4v) is 3.20. The molecule has 0 amide bonds. The van der Waals surface area contributed by atoms with Gasteiger partial charge in [-0.15, -0.1) is 0 Å². The van der Waals surface area contributed by atoms with Crippen LogP contribution in [0.4, 0.5) is 0 Å². The van der Waals surface area contributed by atoms with Crippen molar-refractivity contribution in [3.05, 3.63) is 100 Å². The first-order valence-corrected chi connectivity index (χ1v) is 9.98. The van der Waals surface area contributed by atoms with Crippen LogP contribution in [0, 0.1) is 13.8 Å². The third-order valence-electron chi connectivity index (χ3n) is 5.10. The van der Waals surface area contributed by atoms with Gasteiger partial charge in [0.15, 0.2) is 17.2 Å². The monoisotopic (exact) mass is 413 g/mol. The molecule has 31 heavy (non-hydrogen) atoms. The van der Waals surface area contributed by atoms with Crippen LogP contribution in [0.1, 0.15) is 27.8 Å². The van der Waals surface area contributed by atoms with Crippen molar-refractivity contribution in [2.45, 2.75) is 20.5 Å². The van der Waals surface area contributed by atoms with Gasteiger partial charge in [0.25, 0.3) is 0 Å². The lowest BCUT2D eigenvalue weighted by molar-refractivity contribution is -0.129. The van der Waals surface area contributed by atoms with E-state index < -0.39 is 5.97 Å². The van der Waals surface area contributed by atoms with Crippen LogP contribution < -0.4 is 9.47 Å². The summed E-state index contributed by atoms with van der Waals surface area (Å²) in [4.78, 5) is 16.8. The molecule has 0 spiro atoms. The molecule has 0 atom stereocenters. The number of rotatable bonds is 6. The lowest BCUT2D eigenvalue weighted by Crippen LogP contribution is -2.05. The predicted molar refractivity (Wildman–Crippen MR) is 120 cm³/mol. The van der Waals surface area contributed by atoms with Gasteiger partial charge in [-0.3, -0.25) is 0 Å². The summed E-state index contributed by atoms with van der Waals surface area (Å²) in [5, 5.41) is 0. The number of hydrogen-bond donors (Lipinski definition) is 0. The van der Waals surface area contributed by atoms with Gasteiger partial charge in [-0.2, -0.15) is 0 Å². The van der Waals surface area contributed by atoms with Gasteiger partial charge in [-0.05, 0) is 66.4 Å². The number of ether oxygens (including phenoxy) is 3. The summed E-state index contributed by atoms with van der Waals surface area (Å²) in [6, 6.07) is 21.2. The Hall–Kier alpha value is -3.86. The van der Waals surface area contributed by atoms with Crippen LogP contribution in [0.2, 0.25) is 0 Å². The van der Waals surface area contributed by atoms with E-state index in [9.17, 15) is 4.79 Å². The molecule has 3 aromatic rings. The third kappa shape index (κ3) is 4.67. The number of hydrogen-bond acceptors (Lipinski definition) is 5. The van der Waals surface area contributed by atoms with Crippen molar-refractivity contribution in [3.8, 4) is 11.5 Å². The second kappa shape index (κ2) is 8.88. The standard InChI is InChI=1S/C26H23NO4/c1-17-9-11-21(13-18(17)2)25-27-22(26(28)31-25)14-20-10-12-23(29-3)24(15-20)30-16-19-7-5-4-6-8-19/h4-15H,16H2,1-3H3/b22-14-. The Morgan fingerprint density at radius 3 is 2.48 bits per heavy atom. The fraction of sp³-hybridized carbons (Fsp3) is 0.154. The molecule has 0 N–H and O–H groups in total. The van der Waals surface area contributed by atoms with Crippen LogP contribution in [-0.2, 0) is 16.1 Å². The molecule has 0 saturated carbocycles. The van der Waals surface area contributed by atoms with E-state index in [1.165, 1.54) is 5.56 Å². The maximum Gasteiger partial charge on any atom is 0.363 e. The molecule has 156 valence electrons. The molecule has 5 nitrogen and oxygen atoms in total. The summed E-state index contributed by atoms with van der Waals surface area (Å²) in [6.07, 6.45) is 1.69. The van der Waals surface area contributed by atoms with Crippen LogP contribution in [0.3, 0.4) is 0 Å². The fourth-order valence-electron chi connectivity index (χ4n) is 3.20. The highest BCUT2D eigenvalue weighted by Gasteiger charge is 2.24. The molecule has 0 unspecified atom stereocenters. The Morgan fingerprint density at radius 2 is 1.74 bits per heavy atom. The Labute approximate surface area is 181 Å². The maximum atomic E-state index is 12.4. The number of cyclic esters (lactones) is 1. The summed E-state index contributed by atoms with van der Waals surface area (Å²) in [5.74, 6) is 1.04. The van der Waals surface area contributed by atoms with E-state index in [-0.39, 0.29) is 5.70 Å². The smallest absolute Gasteiger partial charge is 0.363 e. The molecule has 5 heteroatoms. The van der Waals surface area contributed by atoms with Crippen molar-refractivity contribution < 1.29 is 19.0 Å². The van der Waals surface area contributed by atoms with Crippen molar-refractivity contribution in [2.24, 2.45) is 4.99 Å². The molecule has 1 aliphatic rings. The Balaban J connectivity index is 1.59. The van der Waals surface area contributed by atoms with E-state index in [0.717, 1.165) is 22.3 Å². The van der Waals surface area contributed by atoms with Crippen LogP contribution in [-0.4, -0.2) is 19.0 Å². The molecule has 0 aliphatic carbocycles. The molecular formula is C26H23NO4. The first-order chi connectivity index (χ1) is 15.0. The summed E-state index contributed by atoms with van der Waals surface area (Å²) < 4.78 is 16.8. The highest BCUT2D eigenvalue weighted by molar-refractivity contribution is 6.12. The molecule has 3 aromatic carbocycles. The number of nitrogens with zero attached hydrogens (tertiary/aromatic N) is 1. The van der Waals surface area contributed by atoms with Gasteiger partial charge in [0.1, 0.15) is 6.61 Å². The second-order valence-corrected chi connectivity index (χ2v) is 7.32. The van der Waals surface area contributed by atoms with Crippen molar-refractivity contribution >= 4 is 17.9 Å². The van der Waals surface area contributed by atoms with Crippen molar-refractivity contribution in [1.82, 2.24) is 0 Å². The predicted octanol–water partition coefficient (Wildman–Crippen LogP) is 5.24. The Kier molecular flexibility index (Phi) is 5.85. The molecule has 0 radical (unpaired) electrons. The lowest BCUT2D eigenvalue weighted by Gasteiger charge is -2.11. The zero-order valence-electron chi connectivity index (χ0n) is 17.7. The number of benzene rings is 3. The largest absolute Gasteiger partial charge is 0.493 e. The average molecular weight is 413 g/mol. The van der Waals surface area contributed by atoms with Crippen molar-refractivity contribution in [3.63, 3.8) is 0 Å². The molecular weight excluding hydrogens is 390 g/mol. The molecule has 0 fully saturated rings. The minimum atomic E-state index is -0.476. The van der Waals surface area contributed by atoms with Crippen LogP contribution >= 0.6 is 0 Å². The number of carbonyl (C=O) groups is 1. The highest BCUT2D eigenvalue weighted by Crippen LogP contribution is 2.30. The highest BCUT2D eigenvalue weighted by atomic mass is 16.6.